The topological polar surface area (TPSA) is 130 Å². The van der Waals surface area contributed by atoms with E-state index in [-0.39, 0.29) is 11.4 Å². The summed E-state index contributed by atoms with van der Waals surface area (Å²) in [6.45, 7) is 7.46. The molecule has 12 heteroatoms. The van der Waals surface area contributed by atoms with Crippen molar-refractivity contribution in [2.45, 2.75) is 57.4 Å². The van der Waals surface area contributed by atoms with Gasteiger partial charge in [-0.15, -0.1) is 0 Å². The molecule has 11 nitrogen and oxygen atoms in total. The summed E-state index contributed by atoms with van der Waals surface area (Å²) in [6, 6.07) is 7.48. The molecule has 1 saturated heterocycles. The van der Waals surface area contributed by atoms with E-state index in [0.29, 0.717) is 23.4 Å². The molecule has 1 amide bonds. The van der Waals surface area contributed by atoms with Gasteiger partial charge in [0.15, 0.2) is 17.5 Å². The number of halogens is 1. The predicted octanol–water partition coefficient (Wildman–Crippen LogP) is 3.49. The molecule has 3 N–H and O–H groups in total. The van der Waals surface area contributed by atoms with E-state index in [1.54, 1.807) is 12.3 Å². The van der Waals surface area contributed by atoms with Gasteiger partial charge in [-0.25, -0.2) is 19.0 Å². The first-order valence-electron chi connectivity index (χ1n) is 13.1. The molecular weight excluding hydrogens is 499 g/mol. The fourth-order valence-electron chi connectivity index (χ4n) is 5.09. The summed E-state index contributed by atoms with van der Waals surface area (Å²) < 4.78 is 14.7. The fraction of sp³-hybridized carbons (Fsp3) is 0.407. The third-order valence-electron chi connectivity index (χ3n) is 7.64. The lowest BCUT2D eigenvalue weighted by Crippen LogP contribution is -2.55. The predicted molar refractivity (Wildman–Crippen MR) is 144 cm³/mol. The van der Waals surface area contributed by atoms with Crippen molar-refractivity contribution in [2.75, 3.05) is 23.3 Å². The van der Waals surface area contributed by atoms with Crippen LogP contribution in [-0.4, -0.2) is 59.5 Å². The van der Waals surface area contributed by atoms with E-state index in [1.165, 1.54) is 10.9 Å². The van der Waals surface area contributed by atoms with E-state index < -0.39 is 11.2 Å². The van der Waals surface area contributed by atoms with Crippen molar-refractivity contribution in [1.29, 1.82) is 0 Å². The highest BCUT2D eigenvalue weighted by Gasteiger charge is 2.53. The highest BCUT2D eigenvalue weighted by atomic mass is 19.1. The van der Waals surface area contributed by atoms with Crippen LogP contribution in [0.2, 0.25) is 0 Å². The van der Waals surface area contributed by atoms with Crippen molar-refractivity contribution in [3.63, 3.8) is 0 Å². The molecule has 202 valence electrons. The maximum absolute atomic E-state index is 13.5. The van der Waals surface area contributed by atoms with Crippen molar-refractivity contribution < 1.29 is 9.18 Å². The zero-order valence-corrected chi connectivity index (χ0v) is 22.2. The molecule has 39 heavy (non-hydrogen) atoms. The van der Waals surface area contributed by atoms with Gasteiger partial charge in [-0.3, -0.25) is 9.89 Å². The number of piperidine rings is 1. The average Bonchev–Trinajstić information content (AvgIpc) is 3.46. The number of aryl methyl sites for hydroxylation is 2. The first kappa shape index (κ1) is 25.0. The summed E-state index contributed by atoms with van der Waals surface area (Å²) in [5, 5.41) is 17.7. The van der Waals surface area contributed by atoms with E-state index in [2.05, 4.69) is 47.7 Å². The van der Waals surface area contributed by atoms with Crippen molar-refractivity contribution in [1.82, 2.24) is 40.2 Å². The second kappa shape index (κ2) is 9.44. The van der Waals surface area contributed by atoms with Crippen LogP contribution in [0.5, 0.6) is 0 Å². The number of amides is 1. The molecule has 0 radical (unpaired) electrons. The molecule has 0 aromatic carbocycles. The molecule has 0 unspecified atom stereocenters. The zero-order chi connectivity index (χ0) is 27.2. The van der Waals surface area contributed by atoms with Gasteiger partial charge in [-0.05, 0) is 58.1 Å². The van der Waals surface area contributed by atoms with Gasteiger partial charge in [0.2, 0.25) is 11.9 Å². The summed E-state index contributed by atoms with van der Waals surface area (Å²) in [6.07, 6.45) is 7.22. The van der Waals surface area contributed by atoms with Gasteiger partial charge >= 0.3 is 0 Å². The molecule has 2 fully saturated rings. The van der Waals surface area contributed by atoms with E-state index in [4.69, 9.17) is 4.98 Å². The average molecular weight is 531 g/mol. The summed E-state index contributed by atoms with van der Waals surface area (Å²) in [5.41, 5.74) is 1.81. The molecule has 2 aliphatic rings. The number of aromatic amines is 1. The van der Waals surface area contributed by atoms with Gasteiger partial charge in [0.1, 0.15) is 5.82 Å². The number of aromatic nitrogens is 7. The van der Waals surface area contributed by atoms with Gasteiger partial charge in [0, 0.05) is 48.3 Å². The maximum atomic E-state index is 13.5. The highest BCUT2D eigenvalue weighted by molar-refractivity contribution is 5.91. The molecule has 0 spiro atoms. The van der Waals surface area contributed by atoms with Crippen LogP contribution in [-0.2, 0) is 10.2 Å². The molecule has 4 aromatic heterocycles. The van der Waals surface area contributed by atoms with E-state index in [1.807, 2.05) is 32.0 Å². The molecule has 1 aliphatic carbocycles. The first-order chi connectivity index (χ1) is 18.7. The Balaban J connectivity index is 1.09. The molecule has 6 rings (SSSR count). The Morgan fingerprint density at radius 2 is 1.85 bits per heavy atom. The van der Waals surface area contributed by atoms with E-state index >= 15 is 0 Å². The second-order valence-corrected chi connectivity index (χ2v) is 10.8. The summed E-state index contributed by atoms with van der Waals surface area (Å²) >= 11 is 0. The minimum atomic E-state index is -0.564. The van der Waals surface area contributed by atoms with Crippen molar-refractivity contribution >= 4 is 23.5 Å². The van der Waals surface area contributed by atoms with Crippen LogP contribution < -0.4 is 15.5 Å². The van der Waals surface area contributed by atoms with Crippen LogP contribution in [0.4, 0.5) is 22.0 Å². The monoisotopic (exact) mass is 530 g/mol. The molecular formula is C27H31FN10O. The minimum absolute atomic E-state index is 0.0331. The quantitative estimate of drug-likeness (QED) is 0.331. The van der Waals surface area contributed by atoms with Gasteiger partial charge in [0.25, 0.3) is 0 Å². The normalized spacial score (nSPS) is 17.6. The SMILES string of the molecule is Cc1cc(Nc2cc(C)[nH]n2)nc(N2CCC(C)(NC(=O)C3(c4ccc(-n5cc(F)cn5)nc4)CC3)CC2)n1. The Bertz CT molecular complexity index is 1500. The van der Waals surface area contributed by atoms with Crippen molar-refractivity contribution in [3.8, 4) is 5.82 Å². The number of carbonyl (C=O) groups is 1. The number of rotatable bonds is 7. The number of nitrogens with zero attached hydrogens (tertiary/aromatic N) is 7. The minimum Gasteiger partial charge on any atom is -0.350 e. The molecule has 1 saturated carbocycles. The fourth-order valence-corrected chi connectivity index (χ4v) is 5.09. The number of anilines is 3. The number of hydrogen-bond donors (Lipinski definition) is 3. The summed E-state index contributed by atoms with van der Waals surface area (Å²) in [5.74, 6) is 2.19. The largest absolute Gasteiger partial charge is 0.350 e. The van der Waals surface area contributed by atoms with Crippen LogP contribution in [0.25, 0.3) is 5.82 Å². The van der Waals surface area contributed by atoms with E-state index in [9.17, 15) is 9.18 Å². The lowest BCUT2D eigenvalue weighted by atomic mass is 9.87. The Morgan fingerprint density at radius 3 is 2.46 bits per heavy atom. The Labute approximate surface area is 225 Å². The summed E-state index contributed by atoms with van der Waals surface area (Å²) in [4.78, 5) is 29.5. The van der Waals surface area contributed by atoms with Crippen molar-refractivity contribution in [3.05, 3.63) is 65.6 Å². The molecule has 0 atom stereocenters. The zero-order valence-electron chi connectivity index (χ0n) is 22.2. The third-order valence-corrected chi connectivity index (χ3v) is 7.64. The van der Waals surface area contributed by atoms with Crippen LogP contribution in [0.3, 0.4) is 0 Å². The van der Waals surface area contributed by atoms with E-state index in [0.717, 1.165) is 61.9 Å². The van der Waals surface area contributed by atoms with Gasteiger partial charge in [-0.2, -0.15) is 15.2 Å². The second-order valence-electron chi connectivity index (χ2n) is 10.8. The maximum Gasteiger partial charge on any atom is 0.231 e. The van der Waals surface area contributed by atoms with Gasteiger partial charge in [-0.1, -0.05) is 6.07 Å². The summed E-state index contributed by atoms with van der Waals surface area (Å²) in [7, 11) is 0. The molecule has 0 bridgehead atoms. The van der Waals surface area contributed by atoms with Crippen LogP contribution in [0.1, 0.15) is 49.6 Å². The number of H-pyrrole nitrogens is 1. The standard InChI is InChI=1S/C27H31FN10O/c1-17-12-21(32-22-13-18(2)35-36-22)33-25(31-17)37-10-8-26(3,9-11-37)34-24(39)27(6-7-27)19-4-5-23(29-14-19)38-16-20(28)15-30-38/h4-5,12-16H,6-11H2,1-3H3,(H,34,39)(H2,31,32,33,35,36). The molecule has 4 aromatic rings. The lowest BCUT2D eigenvalue weighted by Gasteiger charge is -2.40. The third kappa shape index (κ3) is 5.06. The molecule has 5 heterocycles. The van der Waals surface area contributed by atoms with Gasteiger partial charge < -0.3 is 15.5 Å². The number of pyridine rings is 1. The Hall–Kier alpha value is -4.35. The first-order valence-corrected chi connectivity index (χ1v) is 13.1. The van der Waals surface area contributed by atoms with Gasteiger partial charge in [0.05, 0.1) is 17.8 Å². The lowest BCUT2D eigenvalue weighted by molar-refractivity contribution is -0.125. The number of hydrogen-bond acceptors (Lipinski definition) is 8. The highest BCUT2D eigenvalue weighted by Crippen LogP contribution is 2.49. The smallest absolute Gasteiger partial charge is 0.231 e. The van der Waals surface area contributed by atoms with Crippen molar-refractivity contribution in [2.24, 2.45) is 0 Å². The van der Waals surface area contributed by atoms with Crippen LogP contribution in [0.15, 0.2) is 42.9 Å². The number of nitrogens with one attached hydrogen (secondary N) is 3. The Kier molecular flexibility index (Phi) is 6.04. The Morgan fingerprint density at radius 1 is 1.05 bits per heavy atom. The van der Waals surface area contributed by atoms with Crippen LogP contribution in [0, 0.1) is 19.7 Å². The molecule has 1 aliphatic heterocycles. The van der Waals surface area contributed by atoms with Crippen LogP contribution >= 0.6 is 0 Å². The number of carbonyl (C=O) groups excluding carboxylic acids is 1.